The zero-order chi connectivity index (χ0) is 19.4. The molecule has 0 radical (unpaired) electrons. The number of para-hydroxylation sites is 1. The number of hydrogen-bond acceptors (Lipinski definition) is 4. The molecule has 0 aliphatic rings. The number of fused-ring (bicyclic) bond motifs is 1. The molecule has 1 heterocycles. The molecule has 1 aromatic heterocycles. The number of nitrogens with one attached hydrogen (secondary N) is 2. The van der Waals surface area contributed by atoms with Gasteiger partial charge in [0.15, 0.2) is 0 Å². The molecule has 0 atom stereocenters. The minimum Gasteiger partial charge on any atom is -0.444 e. The topological polar surface area (TPSA) is 80.3 Å². The molecule has 2 amide bonds. The first-order valence-corrected chi connectivity index (χ1v) is 8.66. The summed E-state index contributed by atoms with van der Waals surface area (Å²) < 4.78 is 5.21. The van der Waals surface area contributed by atoms with Crippen molar-refractivity contribution < 1.29 is 14.3 Å². The van der Waals surface area contributed by atoms with E-state index >= 15 is 0 Å². The van der Waals surface area contributed by atoms with E-state index in [-0.39, 0.29) is 18.9 Å². The van der Waals surface area contributed by atoms with Crippen LogP contribution in [-0.2, 0) is 16.0 Å². The Balaban J connectivity index is 1.94. The van der Waals surface area contributed by atoms with E-state index in [1.54, 1.807) is 27.0 Å². The van der Waals surface area contributed by atoms with Crippen LogP contribution in [-0.4, -0.2) is 34.7 Å². The molecule has 2 rings (SSSR count). The van der Waals surface area contributed by atoms with Crippen LogP contribution in [0.15, 0.2) is 36.5 Å². The van der Waals surface area contributed by atoms with Gasteiger partial charge in [-0.1, -0.05) is 24.3 Å². The molecule has 0 bridgehead atoms. The van der Waals surface area contributed by atoms with Gasteiger partial charge in [-0.2, -0.15) is 0 Å². The first-order valence-electron chi connectivity index (χ1n) is 8.66. The van der Waals surface area contributed by atoms with Gasteiger partial charge in [0.25, 0.3) is 0 Å². The van der Waals surface area contributed by atoms with Crippen molar-refractivity contribution in [2.75, 3.05) is 6.54 Å². The lowest BCUT2D eigenvalue weighted by molar-refractivity contribution is -0.122. The van der Waals surface area contributed by atoms with Gasteiger partial charge in [0, 0.05) is 18.1 Å². The summed E-state index contributed by atoms with van der Waals surface area (Å²) in [7, 11) is 0. The van der Waals surface area contributed by atoms with Gasteiger partial charge in [-0.05, 0) is 46.2 Å². The highest BCUT2D eigenvalue weighted by molar-refractivity contribution is 5.87. The maximum absolute atomic E-state index is 12.5. The molecule has 26 heavy (non-hydrogen) atoms. The SMILES string of the molecule is CC(C)(CNC(=O)OC(C)(C)C)NC(=O)Cc1cccc2cccnc12. The van der Waals surface area contributed by atoms with Gasteiger partial charge < -0.3 is 15.4 Å². The first kappa shape index (κ1) is 19.7. The van der Waals surface area contributed by atoms with Crippen LogP contribution in [0.5, 0.6) is 0 Å². The normalized spacial score (nSPS) is 11.9. The number of pyridine rings is 1. The number of carbonyl (C=O) groups is 2. The number of amides is 2. The van der Waals surface area contributed by atoms with E-state index in [1.807, 2.05) is 44.2 Å². The van der Waals surface area contributed by atoms with Crippen molar-refractivity contribution in [2.45, 2.75) is 52.2 Å². The Labute approximate surface area is 154 Å². The third-order valence-electron chi connectivity index (χ3n) is 3.62. The number of nitrogens with zero attached hydrogens (tertiary/aromatic N) is 1. The molecule has 0 spiro atoms. The Hall–Kier alpha value is -2.63. The summed E-state index contributed by atoms with van der Waals surface area (Å²) in [6.45, 7) is 9.38. The lowest BCUT2D eigenvalue weighted by Gasteiger charge is -2.28. The fourth-order valence-corrected chi connectivity index (χ4v) is 2.56. The predicted molar refractivity (Wildman–Crippen MR) is 102 cm³/mol. The van der Waals surface area contributed by atoms with Crippen LogP contribution in [0.25, 0.3) is 10.9 Å². The molecule has 6 heteroatoms. The molecule has 0 fully saturated rings. The maximum atomic E-state index is 12.5. The van der Waals surface area contributed by atoms with Crippen molar-refractivity contribution in [1.82, 2.24) is 15.6 Å². The van der Waals surface area contributed by atoms with E-state index in [0.717, 1.165) is 16.5 Å². The van der Waals surface area contributed by atoms with Crippen LogP contribution in [0.1, 0.15) is 40.2 Å². The van der Waals surface area contributed by atoms with Crippen LogP contribution in [0.2, 0.25) is 0 Å². The quantitative estimate of drug-likeness (QED) is 0.861. The molecule has 0 aliphatic heterocycles. The number of rotatable bonds is 5. The van der Waals surface area contributed by atoms with Gasteiger partial charge in [-0.3, -0.25) is 9.78 Å². The maximum Gasteiger partial charge on any atom is 0.407 e. The first-order chi connectivity index (χ1) is 12.1. The van der Waals surface area contributed by atoms with Crippen LogP contribution < -0.4 is 10.6 Å². The second-order valence-electron chi connectivity index (χ2n) is 7.96. The average molecular weight is 357 g/mol. The minimum absolute atomic E-state index is 0.126. The molecule has 0 saturated heterocycles. The van der Waals surface area contributed by atoms with Crippen molar-refractivity contribution in [2.24, 2.45) is 0 Å². The fourth-order valence-electron chi connectivity index (χ4n) is 2.56. The molecule has 0 saturated carbocycles. The summed E-state index contributed by atoms with van der Waals surface area (Å²) in [5.41, 5.74) is 0.538. The third-order valence-corrected chi connectivity index (χ3v) is 3.62. The van der Waals surface area contributed by atoms with E-state index < -0.39 is 17.2 Å². The molecule has 2 N–H and O–H groups in total. The number of aromatic nitrogens is 1. The van der Waals surface area contributed by atoms with Crippen molar-refractivity contribution in [3.05, 3.63) is 42.1 Å². The molecule has 0 unspecified atom stereocenters. The largest absolute Gasteiger partial charge is 0.444 e. The number of benzene rings is 1. The fraction of sp³-hybridized carbons (Fsp3) is 0.450. The molecule has 2 aromatic rings. The summed E-state index contributed by atoms with van der Waals surface area (Å²) in [4.78, 5) is 28.6. The minimum atomic E-state index is -0.605. The molecular weight excluding hydrogens is 330 g/mol. The molecule has 1 aromatic carbocycles. The highest BCUT2D eigenvalue weighted by atomic mass is 16.6. The molecule has 6 nitrogen and oxygen atoms in total. The Morgan fingerprint density at radius 1 is 1.08 bits per heavy atom. The number of alkyl carbamates (subject to hydrolysis) is 1. The van der Waals surface area contributed by atoms with E-state index in [9.17, 15) is 9.59 Å². The Kier molecular flexibility index (Phi) is 5.85. The summed E-state index contributed by atoms with van der Waals surface area (Å²) in [6, 6.07) is 9.64. The van der Waals surface area contributed by atoms with Gasteiger partial charge in [0.05, 0.1) is 17.5 Å². The highest BCUT2D eigenvalue weighted by Crippen LogP contribution is 2.16. The smallest absolute Gasteiger partial charge is 0.407 e. The number of hydrogen-bond donors (Lipinski definition) is 2. The second-order valence-corrected chi connectivity index (χ2v) is 7.96. The van der Waals surface area contributed by atoms with Crippen LogP contribution >= 0.6 is 0 Å². The second kappa shape index (κ2) is 7.72. The molecular formula is C20H27N3O3. The van der Waals surface area contributed by atoms with E-state index in [2.05, 4.69) is 15.6 Å². The average Bonchev–Trinajstić information content (AvgIpc) is 2.51. The summed E-state index contributed by atoms with van der Waals surface area (Å²) >= 11 is 0. The standard InChI is InChI=1S/C20H27N3O3/c1-19(2,3)26-18(25)22-13-20(4,5)23-16(24)12-15-9-6-8-14-10-7-11-21-17(14)15/h6-11H,12-13H2,1-5H3,(H,22,25)(H,23,24). The van der Waals surface area contributed by atoms with Crippen LogP contribution in [0.3, 0.4) is 0 Å². The van der Waals surface area contributed by atoms with Gasteiger partial charge in [-0.15, -0.1) is 0 Å². The van der Waals surface area contributed by atoms with Crippen molar-refractivity contribution in [3.8, 4) is 0 Å². The summed E-state index contributed by atoms with van der Waals surface area (Å²) in [5, 5.41) is 6.64. The van der Waals surface area contributed by atoms with Crippen LogP contribution in [0.4, 0.5) is 4.79 Å². The van der Waals surface area contributed by atoms with E-state index in [4.69, 9.17) is 4.74 Å². The zero-order valence-electron chi connectivity index (χ0n) is 16.1. The van der Waals surface area contributed by atoms with Gasteiger partial charge >= 0.3 is 6.09 Å². The molecule has 0 aliphatic carbocycles. The van der Waals surface area contributed by atoms with Crippen LogP contribution in [0, 0.1) is 0 Å². The zero-order valence-corrected chi connectivity index (χ0v) is 16.1. The monoisotopic (exact) mass is 357 g/mol. The van der Waals surface area contributed by atoms with Gasteiger partial charge in [-0.25, -0.2) is 4.79 Å². The molecule has 140 valence electrons. The van der Waals surface area contributed by atoms with Gasteiger partial charge in [0.2, 0.25) is 5.91 Å². The highest BCUT2D eigenvalue weighted by Gasteiger charge is 2.23. The lowest BCUT2D eigenvalue weighted by atomic mass is 10.0. The lowest BCUT2D eigenvalue weighted by Crippen LogP contribution is -2.52. The van der Waals surface area contributed by atoms with Gasteiger partial charge in [0.1, 0.15) is 5.60 Å². The summed E-state index contributed by atoms with van der Waals surface area (Å²) in [5.74, 6) is -0.126. The van der Waals surface area contributed by atoms with Crippen molar-refractivity contribution in [1.29, 1.82) is 0 Å². The van der Waals surface area contributed by atoms with E-state index in [1.165, 1.54) is 0 Å². The van der Waals surface area contributed by atoms with E-state index in [0.29, 0.717) is 0 Å². The van der Waals surface area contributed by atoms with Crippen molar-refractivity contribution >= 4 is 22.9 Å². The number of ether oxygens (including phenoxy) is 1. The van der Waals surface area contributed by atoms with Crippen molar-refractivity contribution in [3.63, 3.8) is 0 Å². The Morgan fingerprint density at radius 3 is 2.46 bits per heavy atom. The Morgan fingerprint density at radius 2 is 1.77 bits per heavy atom. The Bertz CT molecular complexity index is 789. The summed E-state index contributed by atoms with van der Waals surface area (Å²) in [6.07, 6.45) is 1.45. The predicted octanol–water partition coefficient (Wildman–Crippen LogP) is 3.20. The number of carbonyl (C=O) groups excluding carboxylic acids is 2. The third kappa shape index (κ3) is 6.02.